The van der Waals surface area contributed by atoms with Gasteiger partial charge in [0.05, 0.1) is 53.5 Å². The van der Waals surface area contributed by atoms with Crippen LogP contribution in [0.3, 0.4) is 0 Å². The van der Waals surface area contributed by atoms with E-state index in [1.165, 1.54) is 66.1 Å². The molecule has 19 rings (SSSR count). The van der Waals surface area contributed by atoms with E-state index in [-0.39, 0.29) is 9.79 Å². The summed E-state index contributed by atoms with van der Waals surface area (Å²) < 4.78 is 76.9. The number of ether oxygens (including phenoxy) is 2. The van der Waals surface area contributed by atoms with E-state index >= 15 is 0 Å². The van der Waals surface area contributed by atoms with E-state index in [4.69, 9.17) is 18.8 Å². The van der Waals surface area contributed by atoms with Crippen LogP contribution >= 0.6 is 15.9 Å². The maximum atomic E-state index is 13.1. The number of hydrogen-bond donors (Lipinski definition) is 0. The summed E-state index contributed by atoms with van der Waals surface area (Å²) in [5.74, 6) is 3.45. The van der Waals surface area contributed by atoms with Crippen molar-refractivity contribution in [2.45, 2.75) is 84.2 Å². The molecule has 0 bridgehead atoms. The van der Waals surface area contributed by atoms with Gasteiger partial charge >= 0.3 is 7.12 Å². The van der Waals surface area contributed by atoms with Gasteiger partial charge in [0.1, 0.15) is 0 Å². The number of rotatable bonds is 8. The summed E-state index contributed by atoms with van der Waals surface area (Å²) in [6.07, 6.45) is 3.72. The van der Waals surface area contributed by atoms with Crippen LogP contribution in [-0.4, -0.2) is 35.2 Å². The molecule has 1 saturated heterocycles. The second-order valence-electron chi connectivity index (χ2n) is 28.0. The predicted molar refractivity (Wildman–Crippen MR) is 421 cm³/mol. The van der Waals surface area contributed by atoms with Crippen LogP contribution in [0.2, 0.25) is 0 Å². The van der Waals surface area contributed by atoms with Crippen LogP contribution in [0.5, 0.6) is 23.0 Å². The fourth-order valence-corrected chi connectivity index (χ4v) is 17.6. The van der Waals surface area contributed by atoms with Crippen LogP contribution in [0.4, 0.5) is 34.1 Å². The molecule has 0 unspecified atom stereocenters. The third kappa shape index (κ3) is 12.4. The molecule has 3 heterocycles. The van der Waals surface area contributed by atoms with Gasteiger partial charge in [-0.2, -0.15) is 0 Å². The molecule has 5 aliphatic rings. The highest BCUT2D eigenvalue weighted by molar-refractivity contribution is 9.10. The second-order valence-corrected chi connectivity index (χ2v) is 32.8. The zero-order chi connectivity index (χ0) is 71.1. The van der Waals surface area contributed by atoms with Crippen molar-refractivity contribution in [1.29, 1.82) is 0 Å². The highest BCUT2D eigenvalue weighted by Gasteiger charge is 2.52. The number of fused-ring (bicyclic) bond motifs is 10. The summed E-state index contributed by atoms with van der Waals surface area (Å²) in [7, 11) is -7.55. The van der Waals surface area contributed by atoms with E-state index in [1.807, 2.05) is 94.4 Å². The lowest BCUT2D eigenvalue weighted by atomic mass is 9.79. The fraction of sp³-hybridized carbons (Fsp3) is 0.111. The fourth-order valence-electron chi connectivity index (χ4n) is 14.6. The molecule has 3 aliphatic heterocycles. The molecule has 104 heavy (non-hydrogen) atoms. The van der Waals surface area contributed by atoms with Crippen molar-refractivity contribution >= 4 is 104 Å². The Hall–Kier alpha value is -10.8. The molecule has 10 nitrogen and oxygen atoms in total. The highest BCUT2D eigenvalue weighted by atomic mass is 79.9. The van der Waals surface area contributed by atoms with E-state index in [9.17, 15) is 16.8 Å². The van der Waals surface area contributed by atoms with Gasteiger partial charge in [-0.3, -0.25) is 0 Å². The SMILES string of the molecule is Brc1ccc2c(c1)Cc1cc3ccc(N4c5ccccc5Oc5ccccc54)cc3cc1C2.CC1(C)OB(c2ccc(S(=O)(=O)c3ccccc3)cc2)OC1(C)C.O=S(=O)(c1ccccc1)c1ccc(-c2ccc3c(c2)Cc2cc4ccc(N5c6ccccc6Oc6ccccc65)cc4cc2C3)cc1. The van der Waals surface area contributed by atoms with Crippen molar-refractivity contribution in [1.82, 2.24) is 0 Å². The quantitative estimate of drug-likeness (QED) is 0.136. The molecule has 14 aromatic rings. The average molecular weight is 1460 g/mol. The van der Waals surface area contributed by atoms with Crippen LogP contribution in [0, 0.1) is 0 Å². The molecule has 14 heteroatoms. The van der Waals surface area contributed by atoms with Crippen molar-refractivity contribution in [2.24, 2.45) is 0 Å². The molecule has 0 aromatic heterocycles. The Morgan fingerprint density at radius 3 is 1.09 bits per heavy atom. The lowest BCUT2D eigenvalue weighted by Gasteiger charge is -2.33. The Morgan fingerprint density at radius 1 is 0.317 bits per heavy atom. The number of benzene rings is 14. The summed E-state index contributed by atoms with van der Waals surface area (Å²) in [5.41, 5.74) is 19.5. The summed E-state index contributed by atoms with van der Waals surface area (Å²) in [6.45, 7) is 7.95. The highest BCUT2D eigenvalue weighted by Crippen LogP contribution is 2.53. The van der Waals surface area contributed by atoms with E-state index in [2.05, 4.69) is 171 Å². The second kappa shape index (κ2) is 26.5. The van der Waals surface area contributed by atoms with Crippen LogP contribution < -0.4 is 24.7 Å². The Morgan fingerprint density at radius 2 is 0.654 bits per heavy atom. The number of hydrogen-bond acceptors (Lipinski definition) is 10. The zero-order valence-corrected chi connectivity index (χ0v) is 60.8. The molecule has 0 atom stereocenters. The molecule has 510 valence electrons. The standard InChI is InChI=1S/C42H29NO3S.C30H20BrNO.C18H21BO4S/c44-47(45,37-8-2-1-3-9-37)38-20-17-28(18-21-38)29-14-15-30-23-34-26-35-27-36(19-16-31(35)24-33(34)25-32(30)22-29)43-39-10-4-6-12-41(39)46-42-13-7-5-11-40(42)43;31-25-11-9-19-13-22-16-24-18-26(12-10-20(24)14-21(22)15-23(19)17-25)32-27-5-1-3-7-29(27)33-30-8-4-2-6-28(30)32;1-17(2)18(3,4)23-19(22-17)14-10-12-16(13-11-14)24(20,21)15-8-6-5-7-9-15/h1-22,24,26-27H,23,25H2;1-12,14,16-18H,13,15H2;5-13H,1-4H3. The largest absolute Gasteiger partial charge is 0.494 e. The molecule has 0 saturated carbocycles. The van der Waals surface area contributed by atoms with Gasteiger partial charge in [-0.1, -0.05) is 186 Å². The van der Waals surface area contributed by atoms with Crippen LogP contribution in [-0.2, 0) is 54.7 Å². The van der Waals surface area contributed by atoms with Crippen LogP contribution in [0.15, 0.2) is 327 Å². The first kappa shape index (κ1) is 66.4. The van der Waals surface area contributed by atoms with Crippen molar-refractivity contribution in [3.05, 3.63) is 352 Å². The lowest BCUT2D eigenvalue weighted by Crippen LogP contribution is -2.41. The topological polar surface area (TPSA) is 112 Å². The first-order valence-corrected chi connectivity index (χ1v) is 38.6. The molecule has 0 spiro atoms. The number of para-hydroxylation sites is 8. The Kier molecular flexibility index (Phi) is 16.9. The molecule has 0 N–H and O–H groups in total. The number of nitrogens with zero attached hydrogens (tertiary/aromatic N) is 2. The Labute approximate surface area is 615 Å². The molecule has 14 aromatic carbocycles. The molecule has 1 fully saturated rings. The first-order chi connectivity index (χ1) is 50.4. The van der Waals surface area contributed by atoms with Gasteiger partial charge in [0.2, 0.25) is 19.7 Å². The molecule has 0 amide bonds. The smallest absolute Gasteiger partial charge is 0.453 e. The van der Waals surface area contributed by atoms with E-state index < -0.39 is 38.0 Å². The predicted octanol–water partition coefficient (Wildman–Crippen LogP) is 21.9. The number of anilines is 6. The third-order valence-electron chi connectivity index (χ3n) is 20.9. The first-order valence-electron chi connectivity index (χ1n) is 34.9. The van der Waals surface area contributed by atoms with Gasteiger partial charge < -0.3 is 28.6 Å². The summed E-state index contributed by atoms with van der Waals surface area (Å²) in [4.78, 5) is 5.74. The van der Waals surface area contributed by atoms with Crippen molar-refractivity contribution in [2.75, 3.05) is 9.80 Å². The van der Waals surface area contributed by atoms with E-state index in [1.54, 1.807) is 91.0 Å². The minimum atomic E-state index is -3.55. The number of halogens is 1. The monoisotopic (exact) mass is 1460 g/mol. The van der Waals surface area contributed by atoms with Gasteiger partial charge in [0.15, 0.2) is 23.0 Å². The third-order valence-corrected chi connectivity index (χ3v) is 24.9. The van der Waals surface area contributed by atoms with E-state index in [0.717, 1.165) is 104 Å². The summed E-state index contributed by atoms with van der Waals surface area (Å²) >= 11 is 3.63. The Bertz CT molecular complexity index is 5850. The summed E-state index contributed by atoms with van der Waals surface area (Å²) in [5, 5.41) is 4.99. The minimum absolute atomic E-state index is 0.258. The van der Waals surface area contributed by atoms with E-state index in [0.29, 0.717) is 9.79 Å². The maximum Gasteiger partial charge on any atom is 0.494 e. The Balaban J connectivity index is 0.000000123. The molecule has 0 radical (unpaired) electrons. The van der Waals surface area contributed by atoms with Gasteiger partial charge in [-0.25, -0.2) is 16.8 Å². The van der Waals surface area contributed by atoms with Gasteiger partial charge in [0, 0.05) is 15.8 Å². The van der Waals surface area contributed by atoms with Crippen LogP contribution in [0.1, 0.15) is 72.2 Å². The summed E-state index contributed by atoms with van der Waals surface area (Å²) in [6, 6.07) is 100. The van der Waals surface area contributed by atoms with Gasteiger partial charge in [-0.05, 0) is 269 Å². The lowest BCUT2D eigenvalue weighted by molar-refractivity contribution is 0.00578. The van der Waals surface area contributed by atoms with Gasteiger partial charge in [-0.15, -0.1) is 0 Å². The zero-order valence-electron chi connectivity index (χ0n) is 57.6. The minimum Gasteiger partial charge on any atom is -0.453 e. The molecular weight excluding hydrogens is 1390 g/mol. The molecule has 2 aliphatic carbocycles. The van der Waals surface area contributed by atoms with Gasteiger partial charge in [0.25, 0.3) is 0 Å². The van der Waals surface area contributed by atoms with Crippen molar-refractivity contribution < 1.29 is 35.6 Å². The molecular formula is C90H70BBrN2O8S2. The van der Waals surface area contributed by atoms with Crippen molar-refractivity contribution in [3.63, 3.8) is 0 Å². The van der Waals surface area contributed by atoms with Crippen LogP contribution in [0.25, 0.3) is 32.7 Å². The van der Waals surface area contributed by atoms with Crippen molar-refractivity contribution in [3.8, 4) is 34.1 Å². The average Bonchev–Trinajstić information content (AvgIpc) is 0.950. The normalized spacial score (nSPS) is 14.8. The number of sulfone groups is 2. The maximum absolute atomic E-state index is 13.1.